The summed E-state index contributed by atoms with van der Waals surface area (Å²) in [5, 5.41) is 9.85. The maximum Gasteiger partial charge on any atom is 0.342 e. The van der Waals surface area contributed by atoms with Crippen molar-refractivity contribution in [3.8, 4) is 11.5 Å². The number of hydrogen-bond acceptors (Lipinski definition) is 5. The number of carbonyl (C=O) groups excluding carboxylic acids is 1. The fourth-order valence-corrected chi connectivity index (χ4v) is 1.95. The van der Waals surface area contributed by atoms with E-state index in [0.717, 1.165) is 0 Å². The summed E-state index contributed by atoms with van der Waals surface area (Å²) < 4.78 is 23.7. The quantitative estimate of drug-likeness (QED) is 0.776. The second-order valence-electron chi connectivity index (χ2n) is 3.73. The number of halogens is 3. The van der Waals surface area contributed by atoms with Gasteiger partial charge in [-0.3, -0.25) is 0 Å². The highest BCUT2D eigenvalue weighted by Crippen LogP contribution is 2.37. The summed E-state index contributed by atoms with van der Waals surface area (Å²) >= 11 is 3.10. The molecule has 1 aromatic carbocycles. The Bertz CT molecular complexity index is 475. The standard InChI is InChI=1S/C12H15BrFNO4.ClH/c1-3-19-12(17)9(14)10(15)7-4-6(18-2)5-8(13)11(7)16;/h4-5,9-10,16H,3,15H2,1-2H3;1H/t9?,10-;/m1./s1. The van der Waals surface area contributed by atoms with Crippen LogP contribution in [0.1, 0.15) is 18.5 Å². The van der Waals surface area contributed by atoms with E-state index in [-0.39, 0.29) is 30.3 Å². The lowest BCUT2D eigenvalue weighted by Gasteiger charge is -2.18. The van der Waals surface area contributed by atoms with Crippen molar-refractivity contribution in [2.75, 3.05) is 13.7 Å². The Morgan fingerprint density at radius 2 is 2.15 bits per heavy atom. The zero-order chi connectivity index (χ0) is 14.6. The summed E-state index contributed by atoms with van der Waals surface area (Å²) in [5.74, 6) is -0.917. The van der Waals surface area contributed by atoms with Crippen LogP contribution in [0.5, 0.6) is 11.5 Å². The van der Waals surface area contributed by atoms with Crippen molar-refractivity contribution >= 4 is 34.3 Å². The second-order valence-corrected chi connectivity index (χ2v) is 4.58. The monoisotopic (exact) mass is 371 g/mol. The van der Waals surface area contributed by atoms with Gasteiger partial charge in [-0.1, -0.05) is 0 Å². The molecule has 5 nitrogen and oxygen atoms in total. The van der Waals surface area contributed by atoms with Gasteiger partial charge in [-0.25, -0.2) is 9.18 Å². The van der Waals surface area contributed by atoms with Gasteiger partial charge in [0.25, 0.3) is 0 Å². The van der Waals surface area contributed by atoms with Gasteiger partial charge in [0.2, 0.25) is 6.17 Å². The maximum atomic E-state index is 13.8. The molecule has 2 atom stereocenters. The molecule has 0 saturated heterocycles. The molecule has 1 aromatic rings. The third kappa shape index (κ3) is 4.22. The van der Waals surface area contributed by atoms with Crippen LogP contribution in [0, 0.1) is 0 Å². The number of phenolic OH excluding ortho intramolecular Hbond substituents is 1. The van der Waals surface area contributed by atoms with E-state index in [1.54, 1.807) is 6.92 Å². The first-order valence-electron chi connectivity index (χ1n) is 5.55. The van der Waals surface area contributed by atoms with Crippen LogP contribution in [0.4, 0.5) is 4.39 Å². The van der Waals surface area contributed by atoms with Crippen molar-refractivity contribution in [2.24, 2.45) is 5.73 Å². The van der Waals surface area contributed by atoms with Crippen molar-refractivity contribution < 1.29 is 23.8 Å². The first-order chi connectivity index (χ1) is 8.92. The molecule has 1 rings (SSSR count). The molecule has 0 aromatic heterocycles. The Labute approximate surface area is 130 Å². The third-order valence-corrected chi connectivity index (χ3v) is 3.09. The minimum Gasteiger partial charge on any atom is -0.506 e. The number of hydrogen-bond donors (Lipinski definition) is 2. The number of nitrogens with two attached hydrogens (primary N) is 1. The van der Waals surface area contributed by atoms with E-state index in [1.165, 1.54) is 19.2 Å². The van der Waals surface area contributed by atoms with E-state index in [4.69, 9.17) is 10.5 Å². The number of carbonyl (C=O) groups is 1. The van der Waals surface area contributed by atoms with Gasteiger partial charge in [-0.15, -0.1) is 12.4 Å². The molecule has 0 radical (unpaired) electrons. The summed E-state index contributed by atoms with van der Waals surface area (Å²) in [6.45, 7) is 1.62. The summed E-state index contributed by atoms with van der Waals surface area (Å²) in [6, 6.07) is 1.53. The summed E-state index contributed by atoms with van der Waals surface area (Å²) in [7, 11) is 1.42. The van der Waals surface area contributed by atoms with E-state index in [2.05, 4.69) is 20.7 Å². The molecule has 114 valence electrons. The highest BCUT2D eigenvalue weighted by atomic mass is 79.9. The van der Waals surface area contributed by atoms with Crippen molar-refractivity contribution in [3.05, 3.63) is 22.2 Å². The third-order valence-electron chi connectivity index (χ3n) is 2.49. The van der Waals surface area contributed by atoms with Crippen LogP contribution < -0.4 is 10.5 Å². The van der Waals surface area contributed by atoms with Crippen LogP contribution in [0.2, 0.25) is 0 Å². The average molecular weight is 373 g/mol. The minimum absolute atomic E-state index is 0. The van der Waals surface area contributed by atoms with E-state index in [1.807, 2.05) is 0 Å². The molecule has 8 heteroatoms. The summed E-state index contributed by atoms with van der Waals surface area (Å²) in [6.07, 6.45) is -2.06. The topological polar surface area (TPSA) is 81.8 Å². The fourth-order valence-electron chi connectivity index (χ4n) is 1.49. The van der Waals surface area contributed by atoms with E-state index >= 15 is 0 Å². The fraction of sp³-hybridized carbons (Fsp3) is 0.417. The molecular weight excluding hydrogens is 356 g/mol. The van der Waals surface area contributed by atoms with Crippen LogP contribution in [-0.2, 0) is 9.53 Å². The normalized spacial score (nSPS) is 13.1. The first kappa shape index (κ1) is 18.9. The van der Waals surface area contributed by atoms with Crippen molar-refractivity contribution in [2.45, 2.75) is 19.1 Å². The van der Waals surface area contributed by atoms with Gasteiger partial charge in [0, 0.05) is 5.56 Å². The molecule has 3 N–H and O–H groups in total. The molecule has 0 spiro atoms. The Kier molecular flexibility index (Phi) is 7.85. The number of benzene rings is 1. The molecule has 0 aliphatic carbocycles. The molecule has 0 heterocycles. The number of alkyl halides is 1. The smallest absolute Gasteiger partial charge is 0.342 e. The Morgan fingerprint density at radius 3 is 2.65 bits per heavy atom. The second kappa shape index (κ2) is 8.28. The predicted octanol–water partition coefficient (Wildman–Crippen LogP) is 2.49. The molecule has 0 aliphatic heterocycles. The lowest BCUT2D eigenvalue weighted by atomic mass is 10.0. The summed E-state index contributed by atoms with van der Waals surface area (Å²) in [4.78, 5) is 11.3. The Balaban J connectivity index is 0.00000361. The number of ether oxygens (including phenoxy) is 2. The minimum atomic E-state index is -2.06. The lowest BCUT2D eigenvalue weighted by Crippen LogP contribution is -2.31. The number of phenols is 1. The van der Waals surface area contributed by atoms with Crippen molar-refractivity contribution in [1.29, 1.82) is 0 Å². The van der Waals surface area contributed by atoms with Crippen LogP contribution in [-0.4, -0.2) is 31.0 Å². The SMILES string of the molecule is CCOC(=O)C(F)[C@H](N)c1cc(OC)cc(Br)c1O.Cl. The van der Waals surface area contributed by atoms with E-state index in [0.29, 0.717) is 10.2 Å². The Hall–Kier alpha value is -1.05. The molecule has 0 aliphatic rings. The van der Waals surface area contributed by atoms with Gasteiger partial charge in [-0.2, -0.15) is 0 Å². The highest BCUT2D eigenvalue weighted by Gasteiger charge is 2.30. The number of aromatic hydroxyl groups is 1. The molecule has 0 amide bonds. The van der Waals surface area contributed by atoms with Gasteiger partial charge in [0.15, 0.2) is 0 Å². The average Bonchev–Trinajstić information content (AvgIpc) is 2.40. The molecule has 0 bridgehead atoms. The Morgan fingerprint density at radius 1 is 1.55 bits per heavy atom. The zero-order valence-corrected chi connectivity index (χ0v) is 13.3. The first-order valence-corrected chi connectivity index (χ1v) is 6.34. The van der Waals surface area contributed by atoms with Crippen LogP contribution >= 0.6 is 28.3 Å². The van der Waals surface area contributed by atoms with E-state index < -0.39 is 18.2 Å². The lowest BCUT2D eigenvalue weighted by molar-refractivity contribution is -0.149. The summed E-state index contributed by atoms with van der Waals surface area (Å²) in [5.41, 5.74) is 5.71. The number of methoxy groups -OCH3 is 1. The van der Waals surface area contributed by atoms with Crippen molar-refractivity contribution in [1.82, 2.24) is 0 Å². The van der Waals surface area contributed by atoms with Crippen LogP contribution in [0.3, 0.4) is 0 Å². The van der Waals surface area contributed by atoms with Gasteiger partial charge in [0.1, 0.15) is 11.5 Å². The van der Waals surface area contributed by atoms with Gasteiger partial charge in [0.05, 0.1) is 24.2 Å². The molecular formula is C12H16BrClFNO4. The van der Waals surface area contributed by atoms with Crippen LogP contribution in [0.15, 0.2) is 16.6 Å². The number of esters is 1. The van der Waals surface area contributed by atoms with Gasteiger partial charge < -0.3 is 20.3 Å². The molecule has 0 saturated carbocycles. The molecule has 0 fully saturated rings. The van der Waals surface area contributed by atoms with Gasteiger partial charge in [-0.05, 0) is 35.0 Å². The predicted molar refractivity (Wildman–Crippen MR) is 78.1 cm³/mol. The molecule has 20 heavy (non-hydrogen) atoms. The molecule has 1 unspecified atom stereocenters. The van der Waals surface area contributed by atoms with E-state index in [9.17, 15) is 14.3 Å². The van der Waals surface area contributed by atoms with Crippen LogP contribution in [0.25, 0.3) is 0 Å². The largest absolute Gasteiger partial charge is 0.506 e. The number of rotatable bonds is 5. The van der Waals surface area contributed by atoms with Crippen molar-refractivity contribution in [3.63, 3.8) is 0 Å². The highest BCUT2D eigenvalue weighted by molar-refractivity contribution is 9.10. The van der Waals surface area contributed by atoms with Gasteiger partial charge >= 0.3 is 5.97 Å². The zero-order valence-electron chi connectivity index (χ0n) is 10.9. The maximum absolute atomic E-state index is 13.8.